The van der Waals surface area contributed by atoms with Crippen molar-refractivity contribution in [2.75, 3.05) is 33.0 Å². The minimum atomic E-state index is -0.677. The maximum atomic E-state index is 12.5. The maximum absolute atomic E-state index is 12.5. The number of halogens is 1. The highest BCUT2D eigenvalue weighted by Gasteiger charge is 2.52. The zero-order valence-corrected chi connectivity index (χ0v) is 27.2. The van der Waals surface area contributed by atoms with Gasteiger partial charge in [0, 0.05) is 37.8 Å². The summed E-state index contributed by atoms with van der Waals surface area (Å²) >= 11 is 3.56. The molecule has 0 amide bonds. The zero-order chi connectivity index (χ0) is 29.3. The molecule has 1 fully saturated rings. The molecule has 1 aromatic carbocycles. The minimum absolute atomic E-state index is 0.364. The van der Waals surface area contributed by atoms with Gasteiger partial charge in [-0.25, -0.2) is 0 Å². The molecule has 1 aliphatic rings. The third-order valence-electron chi connectivity index (χ3n) is 7.15. The molecule has 0 spiro atoms. The van der Waals surface area contributed by atoms with Gasteiger partial charge < -0.3 is 28.4 Å². The van der Waals surface area contributed by atoms with E-state index in [1.165, 1.54) is 6.92 Å². The molecule has 230 valence electrons. The average Bonchev–Trinajstić information content (AvgIpc) is 2.92. The van der Waals surface area contributed by atoms with Gasteiger partial charge in [0.25, 0.3) is 0 Å². The van der Waals surface area contributed by atoms with Gasteiger partial charge >= 0.3 is 5.97 Å². The van der Waals surface area contributed by atoms with E-state index in [1.54, 1.807) is 0 Å². The highest BCUT2D eigenvalue weighted by molar-refractivity contribution is 9.10. The van der Waals surface area contributed by atoms with E-state index in [4.69, 9.17) is 28.4 Å². The summed E-state index contributed by atoms with van der Waals surface area (Å²) in [5, 5.41) is 0. The second-order valence-corrected chi connectivity index (χ2v) is 11.6. The molecule has 0 saturated carbocycles. The van der Waals surface area contributed by atoms with E-state index in [0.717, 1.165) is 67.0 Å². The molecule has 0 aliphatic carbocycles. The van der Waals surface area contributed by atoms with E-state index in [0.29, 0.717) is 33.0 Å². The lowest BCUT2D eigenvalue weighted by atomic mass is 9.87. The van der Waals surface area contributed by atoms with Crippen molar-refractivity contribution in [1.29, 1.82) is 0 Å². The summed E-state index contributed by atoms with van der Waals surface area (Å²) < 4.78 is 39.6. The first kappa shape index (κ1) is 35.2. The van der Waals surface area contributed by atoms with Crippen LogP contribution < -0.4 is 0 Å². The second-order valence-electron chi connectivity index (χ2n) is 10.7. The first-order valence-corrected chi connectivity index (χ1v) is 16.2. The van der Waals surface area contributed by atoms with E-state index in [9.17, 15) is 4.79 Å². The van der Waals surface area contributed by atoms with Crippen LogP contribution in [0.5, 0.6) is 0 Å². The summed E-state index contributed by atoms with van der Waals surface area (Å²) in [6.45, 7) is 14.8. The second kappa shape index (κ2) is 20.0. The fourth-order valence-electron chi connectivity index (χ4n) is 4.88. The van der Waals surface area contributed by atoms with Crippen molar-refractivity contribution >= 4 is 21.9 Å². The number of unbranched alkanes of at least 4 members (excludes halogenated alkanes) is 4. The normalized spacial score (nSPS) is 23.7. The summed E-state index contributed by atoms with van der Waals surface area (Å²) in [5.41, 5.74) is 1.88. The maximum Gasteiger partial charge on any atom is 0.303 e. The molecule has 1 aliphatic heterocycles. The average molecular weight is 630 g/mol. The Morgan fingerprint density at radius 2 is 1.40 bits per heavy atom. The van der Waals surface area contributed by atoms with E-state index < -0.39 is 30.5 Å². The number of benzene rings is 1. The number of aryl methyl sites for hydroxylation is 1. The topological polar surface area (TPSA) is 72.5 Å². The summed E-state index contributed by atoms with van der Waals surface area (Å²) in [4.78, 5) is 12.5. The van der Waals surface area contributed by atoms with Gasteiger partial charge in [-0.05, 0) is 55.9 Å². The Labute approximate surface area is 251 Å². The highest BCUT2D eigenvalue weighted by atomic mass is 79.9. The van der Waals surface area contributed by atoms with Crippen molar-refractivity contribution in [2.24, 2.45) is 0 Å². The molecule has 40 heavy (non-hydrogen) atoms. The summed E-state index contributed by atoms with van der Waals surface area (Å²) in [6, 6.07) is 5.98. The van der Waals surface area contributed by atoms with Crippen LogP contribution in [0.2, 0.25) is 0 Å². The lowest BCUT2D eigenvalue weighted by Gasteiger charge is -2.48. The van der Waals surface area contributed by atoms with Crippen molar-refractivity contribution in [3.8, 4) is 0 Å². The van der Waals surface area contributed by atoms with Crippen molar-refractivity contribution < 1.29 is 33.2 Å². The van der Waals surface area contributed by atoms with Crippen molar-refractivity contribution in [3.63, 3.8) is 0 Å². The SMILES string of the molecule is CCCCOCC1O[C@H]([C@H](OC(C)=O)c2ccc(Br)cc2C)C(OCCCC)[C@@H](OCCCC)[C@@H]1OCCCC. The Hall–Kier alpha value is -1.03. The monoisotopic (exact) mass is 628 g/mol. The smallest absolute Gasteiger partial charge is 0.303 e. The molecule has 0 aromatic heterocycles. The Morgan fingerprint density at radius 1 is 0.850 bits per heavy atom. The standard InChI is InChI=1S/C32H53BrO7/c1-7-11-17-35-22-27-29(36-18-12-8-2)30(37-19-13-9-3)31(38-20-14-10-4)32(40-27)28(39-24(6)34)26-16-15-25(33)21-23(26)5/h15-16,21,27-32H,7-14,17-20,22H2,1-6H3/t27?,28-,29-,30+,31?,32-/m1/s1. The van der Waals surface area contributed by atoms with Crippen molar-refractivity contribution in [1.82, 2.24) is 0 Å². The van der Waals surface area contributed by atoms with Crippen LogP contribution in [0.15, 0.2) is 22.7 Å². The van der Waals surface area contributed by atoms with E-state index in [2.05, 4.69) is 43.6 Å². The molecule has 0 radical (unpaired) electrons. The molecule has 1 heterocycles. The number of ether oxygens (including phenoxy) is 6. The van der Waals surface area contributed by atoms with Crippen LogP contribution in [0, 0.1) is 6.92 Å². The van der Waals surface area contributed by atoms with Crippen LogP contribution in [0.1, 0.15) is 103 Å². The molecule has 7 nitrogen and oxygen atoms in total. The summed E-state index contributed by atoms with van der Waals surface area (Å²) in [7, 11) is 0. The Balaban J connectivity index is 2.56. The quantitative estimate of drug-likeness (QED) is 0.109. The van der Waals surface area contributed by atoms with Crippen LogP contribution in [0.25, 0.3) is 0 Å². The van der Waals surface area contributed by atoms with Gasteiger partial charge in [-0.3, -0.25) is 4.79 Å². The van der Waals surface area contributed by atoms with Crippen molar-refractivity contribution in [3.05, 3.63) is 33.8 Å². The molecule has 0 bridgehead atoms. The van der Waals surface area contributed by atoms with Gasteiger partial charge in [-0.1, -0.05) is 75.4 Å². The van der Waals surface area contributed by atoms with Crippen LogP contribution >= 0.6 is 15.9 Å². The van der Waals surface area contributed by atoms with Gasteiger partial charge in [-0.15, -0.1) is 0 Å². The van der Waals surface area contributed by atoms with Gasteiger partial charge in [0.1, 0.15) is 30.5 Å². The van der Waals surface area contributed by atoms with Crippen LogP contribution in [-0.2, 0) is 33.2 Å². The number of hydrogen-bond donors (Lipinski definition) is 0. The number of carbonyl (C=O) groups excluding carboxylic acids is 1. The fourth-order valence-corrected chi connectivity index (χ4v) is 5.36. The predicted molar refractivity (Wildman–Crippen MR) is 162 cm³/mol. The number of hydrogen-bond acceptors (Lipinski definition) is 7. The molecule has 6 atom stereocenters. The highest BCUT2D eigenvalue weighted by Crippen LogP contribution is 2.38. The molecular weight excluding hydrogens is 576 g/mol. The molecule has 1 saturated heterocycles. The van der Waals surface area contributed by atoms with Crippen molar-refractivity contribution in [2.45, 2.75) is 130 Å². The lowest BCUT2D eigenvalue weighted by molar-refractivity contribution is -0.283. The molecular formula is C32H53BrO7. The Morgan fingerprint density at radius 3 is 1.95 bits per heavy atom. The summed E-state index contributed by atoms with van der Waals surface area (Å²) in [6.07, 6.45) is 4.95. The molecule has 2 unspecified atom stereocenters. The van der Waals surface area contributed by atoms with E-state index in [-0.39, 0.29) is 12.1 Å². The number of carbonyl (C=O) groups is 1. The summed E-state index contributed by atoms with van der Waals surface area (Å²) in [5.74, 6) is -0.372. The van der Waals surface area contributed by atoms with Crippen LogP contribution in [-0.4, -0.2) is 69.5 Å². The molecule has 2 rings (SSSR count). The van der Waals surface area contributed by atoms with Gasteiger partial charge in [0.15, 0.2) is 6.10 Å². The Bertz CT molecular complexity index is 835. The largest absolute Gasteiger partial charge is 0.455 e. The first-order chi connectivity index (χ1) is 19.4. The van der Waals surface area contributed by atoms with Crippen LogP contribution in [0.3, 0.4) is 0 Å². The van der Waals surface area contributed by atoms with Gasteiger partial charge in [-0.2, -0.15) is 0 Å². The zero-order valence-electron chi connectivity index (χ0n) is 25.6. The van der Waals surface area contributed by atoms with E-state index in [1.807, 2.05) is 25.1 Å². The number of esters is 1. The van der Waals surface area contributed by atoms with Gasteiger partial charge in [0.2, 0.25) is 0 Å². The Kier molecular flexibility index (Phi) is 17.6. The lowest BCUT2D eigenvalue weighted by Crippen LogP contribution is -2.63. The van der Waals surface area contributed by atoms with Crippen LogP contribution in [0.4, 0.5) is 0 Å². The van der Waals surface area contributed by atoms with E-state index >= 15 is 0 Å². The number of rotatable bonds is 20. The first-order valence-electron chi connectivity index (χ1n) is 15.4. The molecule has 8 heteroatoms. The van der Waals surface area contributed by atoms with Gasteiger partial charge in [0.05, 0.1) is 6.61 Å². The third-order valence-corrected chi connectivity index (χ3v) is 7.64. The molecule has 1 aromatic rings. The minimum Gasteiger partial charge on any atom is -0.455 e. The fraction of sp³-hybridized carbons (Fsp3) is 0.781. The third kappa shape index (κ3) is 11.3. The molecule has 0 N–H and O–H groups in total. The predicted octanol–water partition coefficient (Wildman–Crippen LogP) is 7.50.